The maximum atomic E-state index is 12.5. The second-order valence-electron chi connectivity index (χ2n) is 4.30. The summed E-state index contributed by atoms with van der Waals surface area (Å²) < 4.78 is 22.8. The Kier molecular flexibility index (Phi) is 3.62. The Morgan fingerprint density at radius 3 is 2.44 bits per heavy atom. The Morgan fingerprint density at radius 2 is 1.83 bits per heavy atom. The van der Waals surface area contributed by atoms with E-state index in [0.717, 1.165) is 16.8 Å². The summed E-state index contributed by atoms with van der Waals surface area (Å²) >= 11 is 0. The average molecular weight is 267 g/mol. The summed E-state index contributed by atoms with van der Waals surface area (Å²) in [5.41, 5.74) is 3.27. The summed E-state index contributed by atoms with van der Waals surface area (Å²) in [6.45, 7) is 2.01. The summed E-state index contributed by atoms with van der Waals surface area (Å²) in [5, 5.41) is 0. The fraction of sp³-hybridized carbons (Fsp3) is 0.385. The molecule has 0 aliphatic carbocycles. The van der Waals surface area contributed by atoms with Crippen LogP contribution in [0.15, 0.2) is 30.3 Å². The van der Waals surface area contributed by atoms with Crippen molar-refractivity contribution < 1.29 is 13.6 Å². The van der Waals surface area contributed by atoms with Gasteiger partial charge in [0.05, 0.1) is 0 Å². The Hall–Kier alpha value is -1.09. The summed E-state index contributed by atoms with van der Waals surface area (Å²) in [5.74, 6) is -0.387. The van der Waals surface area contributed by atoms with Crippen LogP contribution in [-0.4, -0.2) is 27.1 Å². The molecule has 18 heavy (non-hydrogen) atoms. The Bertz CT molecular complexity index is 519. The molecule has 1 aromatic carbocycles. The van der Waals surface area contributed by atoms with E-state index >= 15 is 0 Å². The lowest BCUT2D eigenvalue weighted by Gasteiger charge is -2.36. The molecule has 0 aromatic heterocycles. The van der Waals surface area contributed by atoms with Crippen LogP contribution in [0.3, 0.4) is 0 Å². The molecule has 1 atom stereocenters. The summed E-state index contributed by atoms with van der Waals surface area (Å²) in [6, 6.07) is 8.03. The van der Waals surface area contributed by atoms with Crippen molar-refractivity contribution in [2.24, 2.45) is 0 Å². The predicted octanol–water partition coefficient (Wildman–Crippen LogP) is 3.35. The van der Waals surface area contributed by atoms with Gasteiger partial charge in [0, 0.05) is 32.5 Å². The fourth-order valence-corrected chi connectivity index (χ4v) is 3.81. The molecule has 0 saturated heterocycles. The molecule has 4 nitrogen and oxygen atoms in total. The van der Waals surface area contributed by atoms with Crippen molar-refractivity contribution in [1.82, 2.24) is 0 Å². The third-order valence-electron chi connectivity index (χ3n) is 3.34. The smallest absolute Gasteiger partial charge is 0.356 e. The molecule has 1 heterocycles. The molecule has 1 aliphatic rings. The van der Waals surface area contributed by atoms with E-state index in [9.17, 15) is 4.57 Å². The minimum atomic E-state index is -3.16. The van der Waals surface area contributed by atoms with Gasteiger partial charge in [0.2, 0.25) is 0 Å². The van der Waals surface area contributed by atoms with E-state index in [-0.39, 0.29) is 5.78 Å². The molecule has 1 aromatic rings. The lowest BCUT2D eigenvalue weighted by atomic mass is 10.0. The van der Waals surface area contributed by atoms with Crippen LogP contribution in [0.5, 0.6) is 0 Å². The third-order valence-corrected chi connectivity index (χ3v) is 5.50. The zero-order valence-electron chi connectivity index (χ0n) is 11.1. The highest BCUT2D eigenvalue weighted by Gasteiger charge is 2.38. The molecule has 98 valence electrons. The number of likely N-dealkylation sites (N-methyl/N-ethyl adjacent to an activating group) is 1. The minimum absolute atomic E-state index is 0.387. The number of hydrogen-bond acceptors (Lipinski definition) is 4. The molecule has 0 saturated carbocycles. The number of hydrogen-bond donors (Lipinski definition) is 0. The second kappa shape index (κ2) is 4.88. The molecule has 1 aliphatic heterocycles. The van der Waals surface area contributed by atoms with E-state index in [1.807, 2.05) is 43.1 Å². The number of anilines is 1. The Balaban J connectivity index is 2.51. The maximum Gasteiger partial charge on any atom is 0.356 e. The van der Waals surface area contributed by atoms with Crippen molar-refractivity contribution >= 4 is 18.9 Å². The van der Waals surface area contributed by atoms with E-state index in [0.29, 0.717) is 0 Å². The van der Waals surface area contributed by atoms with Crippen LogP contribution in [0.1, 0.15) is 12.5 Å². The number of rotatable bonds is 3. The van der Waals surface area contributed by atoms with E-state index in [4.69, 9.17) is 9.05 Å². The third kappa shape index (κ3) is 2.01. The summed E-state index contributed by atoms with van der Waals surface area (Å²) in [7, 11) is 1.58. The maximum absolute atomic E-state index is 12.5. The highest BCUT2D eigenvalue weighted by molar-refractivity contribution is 7.55. The summed E-state index contributed by atoms with van der Waals surface area (Å²) in [4.78, 5) is 1.94. The van der Waals surface area contributed by atoms with E-state index in [1.165, 1.54) is 14.2 Å². The molecule has 1 unspecified atom stereocenters. The highest BCUT2D eigenvalue weighted by atomic mass is 31.2. The van der Waals surface area contributed by atoms with Crippen molar-refractivity contribution in [3.63, 3.8) is 0 Å². The van der Waals surface area contributed by atoms with Crippen LogP contribution < -0.4 is 4.90 Å². The quantitative estimate of drug-likeness (QED) is 0.787. The first-order valence-electron chi connectivity index (χ1n) is 5.75. The zero-order valence-corrected chi connectivity index (χ0v) is 12.0. The Morgan fingerprint density at radius 1 is 1.22 bits per heavy atom. The summed E-state index contributed by atoms with van der Waals surface area (Å²) in [6.07, 6.45) is 1.94. The van der Waals surface area contributed by atoms with Crippen LogP contribution in [0.25, 0.3) is 5.57 Å². The van der Waals surface area contributed by atoms with E-state index < -0.39 is 7.60 Å². The normalized spacial score (nSPS) is 19.4. The van der Waals surface area contributed by atoms with Gasteiger partial charge in [-0.2, -0.15) is 0 Å². The number of nitrogens with zero attached hydrogens (tertiary/aromatic N) is 1. The van der Waals surface area contributed by atoms with E-state index in [2.05, 4.69) is 6.07 Å². The first-order chi connectivity index (χ1) is 8.53. The number of benzene rings is 1. The van der Waals surface area contributed by atoms with Crippen LogP contribution in [0, 0.1) is 0 Å². The molecule has 0 radical (unpaired) electrons. The van der Waals surface area contributed by atoms with Gasteiger partial charge in [-0.3, -0.25) is 4.57 Å². The van der Waals surface area contributed by atoms with Crippen molar-refractivity contribution in [2.45, 2.75) is 12.7 Å². The van der Waals surface area contributed by atoms with Gasteiger partial charge < -0.3 is 13.9 Å². The SMILES string of the molecule is COP(=O)(OC)C1C=C(C)c2ccccc2N1C. The predicted molar refractivity (Wildman–Crippen MR) is 73.9 cm³/mol. The molecule has 5 heteroatoms. The fourth-order valence-electron chi connectivity index (χ4n) is 2.28. The van der Waals surface area contributed by atoms with Crippen LogP contribution in [0.2, 0.25) is 0 Å². The first kappa shape index (κ1) is 13.3. The highest BCUT2D eigenvalue weighted by Crippen LogP contribution is 2.56. The second-order valence-corrected chi connectivity index (χ2v) is 6.64. The van der Waals surface area contributed by atoms with Crippen LogP contribution in [0.4, 0.5) is 5.69 Å². The average Bonchev–Trinajstić information content (AvgIpc) is 2.42. The van der Waals surface area contributed by atoms with Gasteiger partial charge in [0.15, 0.2) is 5.78 Å². The lowest BCUT2D eigenvalue weighted by molar-refractivity contribution is 0.269. The van der Waals surface area contributed by atoms with Crippen molar-refractivity contribution in [3.8, 4) is 0 Å². The van der Waals surface area contributed by atoms with Gasteiger partial charge in [-0.05, 0) is 24.6 Å². The molecule has 0 amide bonds. The molecule has 0 N–H and O–H groups in total. The molecule has 0 spiro atoms. The van der Waals surface area contributed by atoms with Crippen molar-refractivity contribution in [1.29, 1.82) is 0 Å². The zero-order chi connectivity index (χ0) is 13.3. The van der Waals surface area contributed by atoms with Crippen LogP contribution >= 0.6 is 7.60 Å². The van der Waals surface area contributed by atoms with Gasteiger partial charge in [0.1, 0.15) is 0 Å². The topological polar surface area (TPSA) is 38.8 Å². The Labute approximate surface area is 108 Å². The first-order valence-corrected chi connectivity index (χ1v) is 7.36. The molecular formula is C13H18NO3P. The van der Waals surface area contributed by atoms with Crippen molar-refractivity contribution in [3.05, 3.63) is 35.9 Å². The molecule has 0 fully saturated rings. The van der Waals surface area contributed by atoms with Gasteiger partial charge in [-0.1, -0.05) is 18.2 Å². The number of para-hydroxylation sites is 1. The largest absolute Gasteiger partial charge is 0.357 e. The lowest BCUT2D eigenvalue weighted by Crippen LogP contribution is -2.33. The van der Waals surface area contributed by atoms with Gasteiger partial charge >= 0.3 is 7.60 Å². The number of fused-ring (bicyclic) bond motifs is 1. The molecule has 2 rings (SSSR count). The van der Waals surface area contributed by atoms with Gasteiger partial charge in [-0.25, -0.2) is 0 Å². The van der Waals surface area contributed by atoms with Gasteiger partial charge in [0.25, 0.3) is 0 Å². The number of allylic oxidation sites excluding steroid dienone is 1. The van der Waals surface area contributed by atoms with Crippen molar-refractivity contribution in [2.75, 3.05) is 26.2 Å². The van der Waals surface area contributed by atoms with Gasteiger partial charge in [-0.15, -0.1) is 0 Å². The minimum Gasteiger partial charge on any atom is -0.357 e. The monoisotopic (exact) mass is 267 g/mol. The van der Waals surface area contributed by atoms with E-state index in [1.54, 1.807) is 0 Å². The molecule has 0 bridgehead atoms. The van der Waals surface area contributed by atoms with Crippen LogP contribution in [-0.2, 0) is 13.6 Å². The molecular weight excluding hydrogens is 249 g/mol. The standard InChI is InChI=1S/C13H18NO3P/c1-10-9-13(18(15,16-3)17-4)14(2)12-8-6-5-7-11(10)12/h5-9,13H,1-4H3.